The zero-order valence-corrected chi connectivity index (χ0v) is 9.33. The first-order chi connectivity index (χ1) is 7.97. The van der Waals surface area contributed by atoms with E-state index in [0.717, 1.165) is 16.9 Å². The fourth-order valence-corrected chi connectivity index (χ4v) is 1.72. The van der Waals surface area contributed by atoms with Crippen molar-refractivity contribution in [3.63, 3.8) is 0 Å². The lowest BCUT2D eigenvalue weighted by molar-refractivity contribution is -0.144. The summed E-state index contributed by atoms with van der Waals surface area (Å²) in [6.45, 7) is 0.0441. The topological polar surface area (TPSA) is 17.8 Å². The third kappa shape index (κ3) is 2.79. The summed E-state index contributed by atoms with van der Waals surface area (Å²) in [4.78, 5) is 0. The van der Waals surface area contributed by atoms with E-state index in [1.54, 1.807) is 24.3 Å². The van der Waals surface area contributed by atoms with Crippen LogP contribution in [0.5, 0.6) is 0 Å². The molecule has 0 aliphatic heterocycles. The van der Waals surface area contributed by atoms with Gasteiger partial charge in [0.25, 0.3) is 0 Å². The quantitative estimate of drug-likeness (QED) is 0.807. The van der Waals surface area contributed by atoms with Crippen LogP contribution in [0.1, 0.15) is 11.3 Å². The molecule has 0 fully saturated rings. The fourth-order valence-electron chi connectivity index (χ4n) is 1.51. The molecule has 0 unspecified atom stereocenters. The van der Waals surface area contributed by atoms with E-state index in [4.69, 9.17) is 11.6 Å². The van der Waals surface area contributed by atoms with Gasteiger partial charge in [-0.15, -0.1) is 0 Å². The molecule has 0 atom stereocenters. The van der Waals surface area contributed by atoms with Crippen LogP contribution in [0.2, 0.25) is 5.02 Å². The van der Waals surface area contributed by atoms with Crippen molar-refractivity contribution in [1.29, 1.82) is 0 Å². The highest BCUT2D eigenvalue weighted by Crippen LogP contribution is 2.29. The van der Waals surface area contributed by atoms with Gasteiger partial charge in [-0.05, 0) is 23.8 Å². The SMILES string of the molecule is FC(F)(F)c1ccnn1Cc1cccc(Cl)c1. The summed E-state index contributed by atoms with van der Waals surface area (Å²) in [5, 5.41) is 4.15. The highest BCUT2D eigenvalue weighted by atomic mass is 35.5. The number of halogens is 4. The van der Waals surface area contributed by atoms with Crippen LogP contribution >= 0.6 is 11.6 Å². The van der Waals surface area contributed by atoms with Crippen LogP contribution in [0.4, 0.5) is 13.2 Å². The van der Waals surface area contributed by atoms with Crippen LogP contribution in [0.25, 0.3) is 0 Å². The predicted octanol–water partition coefficient (Wildman–Crippen LogP) is 3.60. The first-order valence-corrected chi connectivity index (χ1v) is 5.18. The van der Waals surface area contributed by atoms with Crippen molar-refractivity contribution >= 4 is 11.6 Å². The summed E-state index contributed by atoms with van der Waals surface area (Å²) in [5.74, 6) is 0. The maximum atomic E-state index is 12.6. The molecule has 0 aliphatic rings. The number of rotatable bonds is 2. The molecule has 2 nitrogen and oxygen atoms in total. The fraction of sp³-hybridized carbons (Fsp3) is 0.182. The van der Waals surface area contributed by atoms with E-state index in [1.807, 2.05) is 0 Å². The van der Waals surface area contributed by atoms with Gasteiger partial charge in [0, 0.05) is 11.2 Å². The van der Waals surface area contributed by atoms with Gasteiger partial charge >= 0.3 is 6.18 Å². The Balaban J connectivity index is 2.28. The van der Waals surface area contributed by atoms with E-state index in [1.165, 1.54) is 0 Å². The van der Waals surface area contributed by atoms with Crippen molar-refractivity contribution in [3.05, 3.63) is 52.8 Å². The van der Waals surface area contributed by atoms with Crippen molar-refractivity contribution in [1.82, 2.24) is 9.78 Å². The normalized spacial score (nSPS) is 11.8. The molecule has 2 rings (SSSR count). The van der Waals surface area contributed by atoms with E-state index in [0.29, 0.717) is 10.6 Å². The molecule has 1 aromatic heterocycles. The minimum absolute atomic E-state index is 0.0441. The molecule has 6 heteroatoms. The number of hydrogen-bond donors (Lipinski definition) is 0. The summed E-state index contributed by atoms with van der Waals surface area (Å²) in [5.41, 5.74) is -0.0934. The van der Waals surface area contributed by atoms with Crippen LogP contribution in [0.3, 0.4) is 0 Å². The van der Waals surface area contributed by atoms with Crippen LogP contribution in [-0.2, 0) is 12.7 Å². The van der Waals surface area contributed by atoms with Gasteiger partial charge in [0.05, 0.1) is 6.54 Å². The second-order valence-corrected chi connectivity index (χ2v) is 3.94. The average molecular weight is 261 g/mol. The van der Waals surface area contributed by atoms with E-state index in [-0.39, 0.29) is 6.54 Å². The number of benzene rings is 1. The lowest BCUT2D eigenvalue weighted by atomic mass is 10.2. The van der Waals surface area contributed by atoms with Crippen LogP contribution < -0.4 is 0 Å². The van der Waals surface area contributed by atoms with E-state index in [9.17, 15) is 13.2 Å². The second-order valence-electron chi connectivity index (χ2n) is 3.50. The van der Waals surface area contributed by atoms with Crippen molar-refractivity contribution in [2.75, 3.05) is 0 Å². The van der Waals surface area contributed by atoms with Gasteiger partial charge in [0.1, 0.15) is 5.69 Å². The number of hydrogen-bond acceptors (Lipinski definition) is 1. The summed E-state index contributed by atoms with van der Waals surface area (Å²) in [6, 6.07) is 7.62. The summed E-state index contributed by atoms with van der Waals surface area (Å²) < 4.78 is 38.6. The average Bonchev–Trinajstić information content (AvgIpc) is 2.65. The zero-order chi connectivity index (χ0) is 12.5. The van der Waals surface area contributed by atoms with E-state index >= 15 is 0 Å². The molecule has 0 amide bonds. The number of nitrogens with zero attached hydrogens (tertiary/aromatic N) is 2. The maximum Gasteiger partial charge on any atom is 0.433 e. The highest BCUT2D eigenvalue weighted by molar-refractivity contribution is 6.30. The van der Waals surface area contributed by atoms with Gasteiger partial charge in [0.2, 0.25) is 0 Å². The van der Waals surface area contributed by atoms with Crippen molar-refractivity contribution in [3.8, 4) is 0 Å². The molecule has 1 aromatic carbocycles. The smallest absolute Gasteiger partial charge is 0.256 e. The van der Waals surface area contributed by atoms with Crippen LogP contribution in [0.15, 0.2) is 36.5 Å². The lowest BCUT2D eigenvalue weighted by Crippen LogP contribution is -2.15. The zero-order valence-electron chi connectivity index (χ0n) is 8.58. The van der Waals surface area contributed by atoms with Gasteiger partial charge in [-0.25, -0.2) is 0 Å². The Kier molecular flexibility index (Phi) is 3.11. The maximum absolute atomic E-state index is 12.6. The molecular weight excluding hydrogens is 253 g/mol. The molecule has 1 heterocycles. The third-order valence-electron chi connectivity index (χ3n) is 2.23. The molecule has 0 spiro atoms. The number of aromatic nitrogens is 2. The molecule has 0 saturated heterocycles. The molecule has 17 heavy (non-hydrogen) atoms. The Bertz CT molecular complexity index is 519. The molecule has 90 valence electrons. The highest BCUT2D eigenvalue weighted by Gasteiger charge is 2.34. The predicted molar refractivity (Wildman–Crippen MR) is 57.8 cm³/mol. The molecule has 0 N–H and O–H groups in total. The van der Waals surface area contributed by atoms with Crippen molar-refractivity contribution < 1.29 is 13.2 Å². The van der Waals surface area contributed by atoms with Crippen LogP contribution in [-0.4, -0.2) is 9.78 Å². The summed E-state index contributed by atoms with van der Waals surface area (Å²) >= 11 is 5.76. The minimum atomic E-state index is -4.39. The van der Waals surface area contributed by atoms with Gasteiger partial charge in [-0.3, -0.25) is 4.68 Å². The third-order valence-corrected chi connectivity index (χ3v) is 2.46. The van der Waals surface area contributed by atoms with Gasteiger partial charge in [-0.2, -0.15) is 18.3 Å². The Morgan fingerprint density at radius 2 is 2.00 bits per heavy atom. The summed E-state index contributed by atoms with van der Waals surface area (Å²) in [7, 11) is 0. The molecule has 2 aromatic rings. The van der Waals surface area contributed by atoms with E-state index < -0.39 is 11.9 Å². The summed E-state index contributed by atoms with van der Waals surface area (Å²) in [6.07, 6.45) is -3.26. The molecule has 0 radical (unpaired) electrons. The Hall–Kier alpha value is -1.49. The first kappa shape index (κ1) is 12.0. The van der Waals surface area contributed by atoms with Crippen molar-refractivity contribution in [2.24, 2.45) is 0 Å². The second kappa shape index (κ2) is 4.41. The van der Waals surface area contributed by atoms with Crippen LogP contribution in [0, 0.1) is 0 Å². The molecule has 0 aliphatic carbocycles. The Morgan fingerprint density at radius 1 is 1.24 bits per heavy atom. The Morgan fingerprint density at radius 3 is 2.65 bits per heavy atom. The standard InChI is InChI=1S/C11H8ClF3N2/c12-9-3-1-2-8(6-9)7-17-10(4-5-16-17)11(13,14)15/h1-6H,7H2. The first-order valence-electron chi connectivity index (χ1n) is 4.80. The monoisotopic (exact) mass is 260 g/mol. The van der Waals surface area contributed by atoms with Gasteiger partial charge in [0.15, 0.2) is 0 Å². The number of alkyl halides is 3. The molecular formula is C11H8ClF3N2. The van der Waals surface area contributed by atoms with Crippen molar-refractivity contribution in [2.45, 2.75) is 12.7 Å². The van der Waals surface area contributed by atoms with Gasteiger partial charge < -0.3 is 0 Å². The van der Waals surface area contributed by atoms with E-state index in [2.05, 4.69) is 5.10 Å². The largest absolute Gasteiger partial charge is 0.433 e. The molecule has 0 bridgehead atoms. The minimum Gasteiger partial charge on any atom is -0.256 e. The van der Waals surface area contributed by atoms with Gasteiger partial charge in [-0.1, -0.05) is 23.7 Å². The molecule has 0 saturated carbocycles. The Labute approximate surface area is 101 Å². The lowest BCUT2D eigenvalue weighted by Gasteiger charge is -2.10.